The molecule has 1 atom stereocenters. The van der Waals surface area contributed by atoms with E-state index in [9.17, 15) is 14.0 Å². The quantitative estimate of drug-likeness (QED) is 0.462. The minimum atomic E-state index is -0.550. The molecule has 3 aromatic rings. The number of benzene rings is 1. The van der Waals surface area contributed by atoms with Crippen molar-refractivity contribution < 1.29 is 18.7 Å². The number of hydrogen-bond donors (Lipinski definition) is 3. The molecule has 0 unspecified atom stereocenters. The molecule has 0 spiro atoms. The van der Waals surface area contributed by atoms with Crippen molar-refractivity contribution in [3.05, 3.63) is 48.2 Å². The van der Waals surface area contributed by atoms with Gasteiger partial charge in [0.2, 0.25) is 11.9 Å². The second kappa shape index (κ2) is 10.3. The van der Waals surface area contributed by atoms with E-state index in [1.165, 1.54) is 20.4 Å². The molecule has 11 nitrogen and oxygen atoms in total. The normalized spacial score (nSPS) is 15.0. The standard InChI is InChI=1S/C23H25FN8O3/c1-25-21(33)13-7-8-32(12-13)23-29-11-16(22(34)26-2)20(31-23)30-17-6-4-5-15(18(17)35-3)19-27-9-14(24)10-28-19/h4-6,9-11,13H,7-8,12H2,1-3H3,(H,25,33)(H,26,34)(H,29,30,31)/t13-/m0/s1. The Labute approximate surface area is 201 Å². The maximum Gasteiger partial charge on any atom is 0.256 e. The number of amides is 2. The van der Waals surface area contributed by atoms with E-state index >= 15 is 0 Å². The molecular weight excluding hydrogens is 455 g/mol. The molecule has 2 aromatic heterocycles. The fraction of sp³-hybridized carbons (Fsp3) is 0.304. The van der Waals surface area contributed by atoms with Crippen LogP contribution in [-0.4, -0.2) is 66.0 Å². The van der Waals surface area contributed by atoms with Crippen LogP contribution in [0.4, 0.5) is 21.8 Å². The number of carbonyl (C=O) groups excluding carboxylic acids is 2. The Hall–Kier alpha value is -4.35. The van der Waals surface area contributed by atoms with Gasteiger partial charge in [-0.15, -0.1) is 0 Å². The van der Waals surface area contributed by atoms with Crippen LogP contribution in [0, 0.1) is 11.7 Å². The third-order valence-corrected chi connectivity index (χ3v) is 5.67. The van der Waals surface area contributed by atoms with Crippen LogP contribution >= 0.6 is 0 Å². The van der Waals surface area contributed by atoms with Crippen molar-refractivity contribution in [1.82, 2.24) is 30.6 Å². The zero-order chi connectivity index (χ0) is 24.9. The van der Waals surface area contributed by atoms with Gasteiger partial charge >= 0.3 is 0 Å². The molecule has 0 bridgehead atoms. The van der Waals surface area contributed by atoms with Crippen molar-refractivity contribution in [2.45, 2.75) is 6.42 Å². The number of ether oxygens (including phenoxy) is 1. The zero-order valence-electron chi connectivity index (χ0n) is 19.5. The minimum absolute atomic E-state index is 0.0302. The highest BCUT2D eigenvalue weighted by Crippen LogP contribution is 2.37. The monoisotopic (exact) mass is 480 g/mol. The number of nitrogens with one attached hydrogen (secondary N) is 3. The molecule has 1 aliphatic heterocycles. The number of para-hydroxylation sites is 1. The number of anilines is 3. The SMILES string of the molecule is CNC(=O)c1cnc(N2CC[C@H](C(=O)NC)C2)nc1Nc1cccc(-c2ncc(F)cn2)c1OC. The predicted molar refractivity (Wildman–Crippen MR) is 127 cm³/mol. The summed E-state index contributed by atoms with van der Waals surface area (Å²) in [6, 6.07) is 5.24. The van der Waals surface area contributed by atoms with Crippen LogP contribution < -0.4 is 25.6 Å². The Balaban J connectivity index is 1.70. The molecular formula is C23H25FN8O3. The summed E-state index contributed by atoms with van der Waals surface area (Å²) >= 11 is 0. The summed E-state index contributed by atoms with van der Waals surface area (Å²) < 4.78 is 18.9. The van der Waals surface area contributed by atoms with Gasteiger partial charge in [-0.2, -0.15) is 4.98 Å². The van der Waals surface area contributed by atoms with Crippen LogP contribution in [0.25, 0.3) is 11.4 Å². The van der Waals surface area contributed by atoms with Gasteiger partial charge in [-0.3, -0.25) is 9.59 Å². The zero-order valence-corrected chi connectivity index (χ0v) is 19.5. The molecule has 2 amide bonds. The fourth-order valence-corrected chi connectivity index (χ4v) is 3.89. The van der Waals surface area contributed by atoms with Crippen LogP contribution in [0.15, 0.2) is 36.8 Å². The second-order valence-corrected chi connectivity index (χ2v) is 7.79. The van der Waals surface area contributed by atoms with Crippen LogP contribution in [0.5, 0.6) is 5.75 Å². The maximum atomic E-state index is 13.3. The molecule has 12 heteroatoms. The smallest absolute Gasteiger partial charge is 0.256 e. The molecule has 1 aliphatic rings. The van der Waals surface area contributed by atoms with Gasteiger partial charge < -0.3 is 25.6 Å². The lowest BCUT2D eigenvalue weighted by molar-refractivity contribution is -0.123. The Morgan fingerprint density at radius 2 is 1.89 bits per heavy atom. The number of rotatable bonds is 7. The van der Waals surface area contributed by atoms with E-state index in [4.69, 9.17) is 4.74 Å². The lowest BCUT2D eigenvalue weighted by atomic mass is 10.1. The first-order valence-electron chi connectivity index (χ1n) is 10.9. The average molecular weight is 481 g/mol. The third-order valence-electron chi connectivity index (χ3n) is 5.67. The molecule has 4 rings (SSSR count). The minimum Gasteiger partial charge on any atom is -0.494 e. The van der Waals surface area contributed by atoms with Gasteiger partial charge in [0.1, 0.15) is 11.4 Å². The first-order chi connectivity index (χ1) is 16.9. The van der Waals surface area contributed by atoms with E-state index in [1.807, 2.05) is 4.90 Å². The molecule has 0 radical (unpaired) electrons. The van der Waals surface area contributed by atoms with Gasteiger partial charge in [-0.25, -0.2) is 19.3 Å². The van der Waals surface area contributed by atoms with Crippen LogP contribution in [0.2, 0.25) is 0 Å². The van der Waals surface area contributed by atoms with Crippen LogP contribution in [0.1, 0.15) is 16.8 Å². The van der Waals surface area contributed by atoms with Gasteiger partial charge in [0.25, 0.3) is 5.91 Å². The third kappa shape index (κ3) is 4.95. The van der Waals surface area contributed by atoms with Crippen molar-refractivity contribution in [2.24, 2.45) is 5.92 Å². The van der Waals surface area contributed by atoms with Crippen molar-refractivity contribution >= 4 is 29.3 Å². The summed E-state index contributed by atoms with van der Waals surface area (Å²) in [6.45, 7) is 1.08. The van der Waals surface area contributed by atoms with Crippen molar-refractivity contribution in [3.63, 3.8) is 0 Å². The highest BCUT2D eigenvalue weighted by molar-refractivity contribution is 5.99. The summed E-state index contributed by atoms with van der Waals surface area (Å²) in [4.78, 5) is 43.5. The van der Waals surface area contributed by atoms with Crippen LogP contribution in [0.3, 0.4) is 0 Å². The number of carbonyl (C=O) groups is 2. The van der Waals surface area contributed by atoms with Crippen molar-refractivity contribution in [3.8, 4) is 17.1 Å². The summed E-state index contributed by atoms with van der Waals surface area (Å²) in [6.07, 6.45) is 4.27. The largest absolute Gasteiger partial charge is 0.494 e. The molecule has 1 saturated heterocycles. The number of methoxy groups -OCH3 is 1. The highest BCUT2D eigenvalue weighted by Gasteiger charge is 2.30. The Morgan fingerprint density at radius 3 is 2.57 bits per heavy atom. The number of halogens is 1. The van der Waals surface area contributed by atoms with Crippen molar-refractivity contribution in [2.75, 3.05) is 44.5 Å². The second-order valence-electron chi connectivity index (χ2n) is 7.79. The van der Waals surface area contributed by atoms with E-state index in [1.54, 1.807) is 25.2 Å². The lowest BCUT2D eigenvalue weighted by Crippen LogP contribution is -2.31. The predicted octanol–water partition coefficient (Wildman–Crippen LogP) is 1.76. The summed E-state index contributed by atoms with van der Waals surface area (Å²) in [5, 5.41) is 8.42. The van der Waals surface area contributed by atoms with E-state index in [0.29, 0.717) is 42.5 Å². The van der Waals surface area contributed by atoms with Gasteiger partial charge in [-0.1, -0.05) is 6.07 Å². The van der Waals surface area contributed by atoms with E-state index in [-0.39, 0.29) is 34.9 Å². The molecule has 3 N–H and O–H groups in total. The first kappa shape index (κ1) is 23.8. The highest BCUT2D eigenvalue weighted by atomic mass is 19.1. The van der Waals surface area contributed by atoms with E-state index in [0.717, 1.165) is 12.4 Å². The Kier molecular flexibility index (Phi) is 6.99. The molecule has 182 valence electrons. The number of nitrogens with zero attached hydrogens (tertiary/aromatic N) is 5. The summed E-state index contributed by atoms with van der Waals surface area (Å²) in [5.41, 5.74) is 1.25. The van der Waals surface area contributed by atoms with Gasteiger partial charge in [0.15, 0.2) is 17.4 Å². The molecule has 1 aromatic carbocycles. The van der Waals surface area contributed by atoms with Crippen LogP contribution in [-0.2, 0) is 4.79 Å². The van der Waals surface area contributed by atoms with Crippen molar-refractivity contribution in [1.29, 1.82) is 0 Å². The lowest BCUT2D eigenvalue weighted by Gasteiger charge is -2.19. The molecule has 1 fully saturated rings. The Morgan fingerprint density at radius 1 is 1.11 bits per heavy atom. The molecule has 3 heterocycles. The van der Waals surface area contributed by atoms with Gasteiger partial charge in [0, 0.05) is 33.4 Å². The van der Waals surface area contributed by atoms with Gasteiger partial charge in [-0.05, 0) is 18.6 Å². The molecule has 0 aliphatic carbocycles. The summed E-state index contributed by atoms with van der Waals surface area (Å²) in [5.74, 6) is 0.203. The van der Waals surface area contributed by atoms with Gasteiger partial charge in [0.05, 0.1) is 36.7 Å². The fourth-order valence-electron chi connectivity index (χ4n) is 3.89. The first-order valence-corrected chi connectivity index (χ1v) is 10.9. The molecule has 0 saturated carbocycles. The maximum absolute atomic E-state index is 13.3. The summed E-state index contributed by atoms with van der Waals surface area (Å²) in [7, 11) is 4.61. The molecule has 35 heavy (non-hydrogen) atoms. The Bertz CT molecular complexity index is 1240. The number of aromatic nitrogens is 4. The topological polar surface area (TPSA) is 134 Å². The number of hydrogen-bond acceptors (Lipinski definition) is 9. The van der Waals surface area contributed by atoms with E-state index in [2.05, 4.69) is 35.9 Å². The average Bonchev–Trinajstić information content (AvgIpc) is 3.38. The van der Waals surface area contributed by atoms with E-state index < -0.39 is 5.82 Å².